The molecule has 22 heavy (non-hydrogen) atoms. The van der Waals surface area contributed by atoms with E-state index < -0.39 is 0 Å². The van der Waals surface area contributed by atoms with E-state index in [4.69, 9.17) is 16.3 Å². The van der Waals surface area contributed by atoms with Crippen LogP contribution in [0, 0.1) is 0 Å². The minimum atomic E-state index is -0.163. The Morgan fingerprint density at radius 1 is 1.45 bits per heavy atom. The maximum Gasteiger partial charge on any atom is 0.269 e. The van der Waals surface area contributed by atoms with Gasteiger partial charge in [-0.3, -0.25) is 4.79 Å². The fourth-order valence-electron chi connectivity index (χ4n) is 2.30. The van der Waals surface area contributed by atoms with Crippen molar-refractivity contribution in [2.45, 2.75) is 26.4 Å². The van der Waals surface area contributed by atoms with Gasteiger partial charge >= 0.3 is 0 Å². The first-order valence-electron chi connectivity index (χ1n) is 7.25. The molecule has 0 radical (unpaired) electrons. The van der Waals surface area contributed by atoms with Crippen LogP contribution in [0.25, 0.3) is 10.9 Å². The topological polar surface area (TPSA) is 43.3 Å². The molecular weight excluding hydrogens is 368 g/mol. The molecule has 0 spiro atoms. The quantitative estimate of drug-likeness (QED) is 0.757. The molecule has 0 fully saturated rings. The van der Waals surface area contributed by atoms with E-state index in [1.165, 1.54) is 0 Å². The molecule has 0 saturated carbocycles. The lowest BCUT2D eigenvalue weighted by atomic mass is 10.2. The minimum absolute atomic E-state index is 0.163. The van der Waals surface area contributed by atoms with Crippen LogP contribution in [-0.2, 0) is 11.8 Å². The number of carbonyl (C=O) groups excluding carboxylic acids is 1. The predicted molar refractivity (Wildman–Crippen MR) is 93.7 cm³/mol. The van der Waals surface area contributed by atoms with Crippen LogP contribution in [0.15, 0.2) is 22.7 Å². The van der Waals surface area contributed by atoms with E-state index in [0.29, 0.717) is 23.9 Å². The molecule has 120 valence electrons. The van der Waals surface area contributed by atoms with Crippen molar-refractivity contribution in [2.75, 3.05) is 13.2 Å². The number of benzene rings is 1. The Labute approximate surface area is 143 Å². The van der Waals surface area contributed by atoms with Gasteiger partial charge in [-0.15, -0.1) is 0 Å². The fourth-order valence-corrected chi connectivity index (χ4v) is 3.03. The minimum Gasteiger partial charge on any atom is -0.379 e. The summed E-state index contributed by atoms with van der Waals surface area (Å²) in [5, 5.41) is 4.24. The lowest BCUT2D eigenvalue weighted by molar-refractivity contribution is 0.0756. The molecule has 0 aliphatic carbocycles. The number of nitrogens with one attached hydrogen (secondary N) is 1. The Morgan fingerprint density at radius 3 is 2.86 bits per heavy atom. The Bertz CT molecular complexity index is 682. The van der Waals surface area contributed by atoms with E-state index in [0.717, 1.165) is 21.8 Å². The number of rotatable bonds is 6. The highest BCUT2D eigenvalue weighted by atomic mass is 79.9. The van der Waals surface area contributed by atoms with Gasteiger partial charge in [-0.2, -0.15) is 0 Å². The number of fused-ring (bicyclic) bond motifs is 1. The van der Waals surface area contributed by atoms with Gasteiger partial charge in [-0.25, -0.2) is 0 Å². The monoisotopic (exact) mass is 386 g/mol. The third-order valence-electron chi connectivity index (χ3n) is 3.37. The first kappa shape index (κ1) is 17.3. The van der Waals surface area contributed by atoms with E-state index in [9.17, 15) is 4.79 Å². The highest BCUT2D eigenvalue weighted by molar-refractivity contribution is 9.10. The zero-order valence-electron chi connectivity index (χ0n) is 13.0. The lowest BCUT2D eigenvalue weighted by Crippen LogP contribution is -2.27. The molecular formula is C16H20BrClN2O2. The number of carbonyl (C=O) groups is 1. The lowest BCUT2D eigenvalue weighted by Gasteiger charge is -2.09. The van der Waals surface area contributed by atoms with Crippen molar-refractivity contribution in [3.05, 3.63) is 33.4 Å². The standard InChI is InChI=1S/C16H20BrClN2O2/c1-10(2)22-8-4-7-19-16(21)15-14(18)12-9-11(17)5-6-13(12)20(15)3/h5-6,9-10H,4,7-8H2,1-3H3,(H,19,21). The molecule has 0 unspecified atom stereocenters. The maximum atomic E-state index is 12.4. The third kappa shape index (κ3) is 3.83. The van der Waals surface area contributed by atoms with Crippen molar-refractivity contribution in [3.8, 4) is 0 Å². The molecule has 0 atom stereocenters. The van der Waals surface area contributed by atoms with Gasteiger partial charge in [0.2, 0.25) is 0 Å². The third-order valence-corrected chi connectivity index (χ3v) is 4.25. The predicted octanol–water partition coefficient (Wildman–Crippen LogP) is 4.14. The zero-order chi connectivity index (χ0) is 16.3. The molecule has 1 aromatic heterocycles. The Kier molecular flexibility index (Phi) is 5.89. The first-order chi connectivity index (χ1) is 10.4. The molecule has 0 aliphatic rings. The second-order valence-corrected chi connectivity index (χ2v) is 6.71. The van der Waals surface area contributed by atoms with E-state index in [1.54, 1.807) is 0 Å². The van der Waals surface area contributed by atoms with Crippen molar-refractivity contribution >= 4 is 44.3 Å². The number of nitrogens with zero attached hydrogens (tertiary/aromatic N) is 1. The van der Waals surface area contributed by atoms with Crippen LogP contribution in [0.1, 0.15) is 30.8 Å². The normalized spacial score (nSPS) is 11.4. The number of aryl methyl sites for hydroxylation is 1. The smallest absolute Gasteiger partial charge is 0.269 e. The molecule has 0 aliphatic heterocycles. The summed E-state index contributed by atoms with van der Waals surface area (Å²) in [5.41, 5.74) is 1.42. The van der Waals surface area contributed by atoms with Crippen LogP contribution in [0.5, 0.6) is 0 Å². The van der Waals surface area contributed by atoms with Gasteiger partial charge < -0.3 is 14.6 Å². The number of amides is 1. The highest BCUT2D eigenvalue weighted by Crippen LogP contribution is 2.31. The molecule has 1 heterocycles. The summed E-state index contributed by atoms with van der Waals surface area (Å²) >= 11 is 9.81. The van der Waals surface area contributed by atoms with Crippen molar-refractivity contribution in [1.29, 1.82) is 0 Å². The van der Waals surface area contributed by atoms with Crippen molar-refractivity contribution < 1.29 is 9.53 Å². The summed E-state index contributed by atoms with van der Waals surface area (Å²) in [7, 11) is 1.85. The number of hydrogen-bond donors (Lipinski definition) is 1. The summed E-state index contributed by atoms with van der Waals surface area (Å²) in [6.07, 6.45) is 0.985. The molecule has 2 rings (SSSR count). The fraction of sp³-hybridized carbons (Fsp3) is 0.438. The Hall–Kier alpha value is -1.04. The van der Waals surface area contributed by atoms with Crippen LogP contribution in [0.4, 0.5) is 0 Å². The van der Waals surface area contributed by atoms with E-state index in [2.05, 4.69) is 21.2 Å². The van der Waals surface area contributed by atoms with Crippen molar-refractivity contribution in [1.82, 2.24) is 9.88 Å². The molecule has 0 bridgehead atoms. The highest BCUT2D eigenvalue weighted by Gasteiger charge is 2.19. The van der Waals surface area contributed by atoms with Gasteiger partial charge in [-0.1, -0.05) is 27.5 Å². The summed E-state index contributed by atoms with van der Waals surface area (Å²) in [6.45, 7) is 5.18. The molecule has 0 saturated heterocycles. The van der Waals surface area contributed by atoms with Gasteiger partial charge in [0.15, 0.2) is 0 Å². The molecule has 1 amide bonds. The second kappa shape index (κ2) is 7.49. The molecule has 1 aromatic carbocycles. The Morgan fingerprint density at radius 2 is 2.18 bits per heavy atom. The number of ether oxygens (including phenoxy) is 1. The van der Waals surface area contributed by atoms with Crippen molar-refractivity contribution in [2.24, 2.45) is 7.05 Å². The van der Waals surface area contributed by atoms with Gasteiger partial charge in [0.05, 0.1) is 11.1 Å². The molecule has 1 N–H and O–H groups in total. The van der Waals surface area contributed by atoms with E-state index in [-0.39, 0.29) is 12.0 Å². The van der Waals surface area contributed by atoms with Gasteiger partial charge in [0.1, 0.15) is 5.69 Å². The summed E-state index contributed by atoms with van der Waals surface area (Å²) < 4.78 is 8.21. The van der Waals surface area contributed by atoms with Crippen LogP contribution in [0.2, 0.25) is 5.02 Å². The molecule has 6 heteroatoms. The SMILES string of the molecule is CC(C)OCCCNC(=O)c1c(Cl)c2cc(Br)ccc2n1C. The average molecular weight is 388 g/mol. The summed E-state index contributed by atoms with van der Waals surface area (Å²) in [4.78, 5) is 12.4. The van der Waals surface area contributed by atoms with E-state index >= 15 is 0 Å². The average Bonchev–Trinajstić information content (AvgIpc) is 2.69. The number of hydrogen-bond acceptors (Lipinski definition) is 2. The van der Waals surface area contributed by atoms with Crippen LogP contribution in [0.3, 0.4) is 0 Å². The Balaban J connectivity index is 2.08. The maximum absolute atomic E-state index is 12.4. The number of aromatic nitrogens is 1. The summed E-state index contributed by atoms with van der Waals surface area (Å²) in [5.74, 6) is -0.163. The van der Waals surface area contributed by atoms with Crippen molar-refractivity contribution in [3.63, 3.8) is 0 Å². The van der Waals surface area contributed by atoms with Crippen LogP contribution in [-0.4, -0.2) is 29.7 Å². The largest absolute Gasteiger partial charge is 0.379 e. The van der Waals surface area contributed by atoms with E-state index in [1.807, 2.05) is 43.7 Å². The first-order valence-corrected chi connectivity index (χ1v) is 8.42. The summed E-state index contributed by atoms with van der Waals surface area (Å²) in [6, 6.07) is 5.80. The van der Waals surface area contributed by atoms with Gasteiger partial charge in [-0.05, 0) is 38.5 Å². The van der Waals surface area contributed by atoms with Crippen LogP contribution < -0.4 is 5.32 Å². The number of halogens is 2. The molecule has 4 nitrogen and oxygen atoms in total. The zero-order valence-corrected chi connectivity index (χ0v) is 15.3. The van der Waals surface area contributed by atoms with Gasteiger partial charge in [0.25, 0.3) is 5.91 Å². The second-order valence-electron chi connectivity index (χ2n) is 5.41. The molecule has 2 aromatic rings. The van der Waals surface area contributed by atoms with Gasteiger partial charge in [0, 0.05) is 35.6 Å². The van der Waals surface area contributed by atoms with Crippen LogP contribution >= 0.6 is 27.5 Å².